The third kappa shape index (κ3) is 5.84. The third-order valence-electron chi connectivity index (χ3n) is 4.34. The highest BCUT2D eigenvalue weighted by Gasteiger charge is 2.23. The Bertz CT molecular complexity index is 797. The van der Waals surface area contributed by atoms with Crippen LogP contribution in [-0.4, -0.2) is 17.9 Å². The molecule has 144 valence electrons. The van der Waals surface area contributed by atoms with Crippen molar-refractivity contribution in [3.8, 4) is 0 Å². The molecule has 1 heterocycles. The van der Waals surface area contributed by atoms with Gasteiger partial charge in [0.2, 0.25) is 0 Å². The van der Waals surface area contributed by atoms with Crippen LogP contribution in [0.5, 0.6) is 0 Å². The second-order valence-electron chi connectivity index (χ2n) is 7.38. The number of aryl methyl sites for hydroxylation is 1. The van der Waals surface area contributed by atoms with Gasteiger partial charge in [0, 0.05) is 17.7 Å². The maximum absolute atomic E-state index is 12.9. The van der Waals surface area contributed by atoms with Crippen molar-refractivity contribution in [1.82, 2.24) is 10.6 Å². The van der Waals surface area contributed by atoms with E-state index in [-0.39, 0.29) is 35.4 Å². The van der Waals surface area contributed by atoms with Crippen molar-refractivity contribution in [3.63, 3.8) is 0 Å². The van der Waals surface area contributed by atoms with E-state index in [0.29, 0.717) is 11.3 Å². The van der Waals surface area contributed by atoms with E-state index in [2.05, 4.69) is 38.3 Å². The molecule has 2 aromatic rings. The molecule has 5 nitrogen and oxygen atoms in total. The zero-order valence-electron chi connectivity index (χ0n) is 16.6. The number of benzene rings is 1. The fourth-order valence-electron chi connectivity index (χ4n) is 2.99. The molecule has 27 heavy (non-hydrogen) atoms. The van der Waals surface area contributed by atoms with Crippen LogP contribution in [0.15, 0.2) is 52.8 Å². The first-order valence-corrected chi connectivity index (χ1v) is 9.22. The monoisotopic (exact) mass is 368 g/mol. The first-order valence-electron chi connectivity index (χ1n) is 9.22. The Morgan fingerprint density at radius 1 is 1.04 bits per heavy atom. The second kappa shape index (κ2) is 9.21. The molecule has 0 radical (unpaired) electrons. The van der Waals surface area contributed by atoms with Crippen LogP contribution >= 0.6 is 0 Å². The molecular weight excluding hydrogens is 340 g/mol. The summed E-state index contributed by atoms with van der Waals surface area (Å²) < 4.78 is 5.31. The Morgan fingerprint density at radius 3 is 2.30 bits per heavy atom. The van der Waals surface area contributed by atoms with Crippen molar-refractivity contribution in [3.05, 3.63) is 65.2 Å². The van der Waals surface area contributed by atoms with Gasteiger partial charge in [0.15, 0.2) is 0 Å². The Balaban J connectivity index is 2.26. The summed E-state index contributed by atoms with van der Waals surface area (Å²) in [5, 5.41) is 5.76. The van der Waals surface area contributed by atoms with Gasteiger partial charge in [0.1, 0.15) is 11.5 Å². The molecule has 2 amide bonds. The molecule has 0 saturated carbocycles. The summed E-state index contributed by atoms with van der Waals surface area (Å²) in [7, 11) is 0. The number of hydrogen-bond donors (Lipinski definition) is 2. The average Bonchev–Trinajstić information content (AvgIpc) is 3.11. The number of amides is 2. The van der Waals surface area contributed by atoms with Gasteiger partial charge in [0.25, 0.3) is 11.8 Å². The van der Waals surface area contributed by atoms with Crippen molar-refractivity contribution < 1.29 is 14.0 Å². The predicted octanol–water partition coefficient (Wildman–Crippen LogP) is 4.16. The second-order valence-corrected chi connectivity index (χ2v) is 7.38. The van der Waals surface area contributed by atoms with Crippen LogP contribution < -0.4 is 10.6 Å². The smallest absolute Gasteiger partial charge is 0.268 e. The molecule has 0 aliphatic carbocycles. The van der Waals surface area contributed by atoms with Crippen LogP contribution in [0, 0.1) is 18.8 Å². The topological polar surface area (TPSA) is 71.3 Å². The molecule has 0 aliphatic rings. The molecule has 0 unspecified atom stereocenters. The predicted molar refractivity (Wildman–Crippen MR) is 107 cm³/mol. The quantitative estimate of drug-likeness (QED) is 0.721. The molecule has 0 aliphatic heterocycles. The maximum atomic E-state index is 12.9. The summed E-state index contributed by atoms with van der Waals surface area (Å²) in [6.45, 7) is 10.2. The van der Waals surface area contributed by atoms with E-state index in [0.717, 1.165) is 5.56 Å². The first kappa shape index (κ1) is 20.5. The molecule has 0 spiro atoms. The van der Waals surface area contributed by atoms with Gasteiger partial charge in [-0.15, -0.1) is 0 Å². The molecular formula is C22H28N2O3. The number of furan rings is 1. The Hall–Kier alpha value is -2.82. The third-order valence-corrected chi connectivity index (χ3v) is 4.34. The van der Waals surface area contributed by atoms with E-state index in [1.54, 1.807) is 30.3 Å². The summed E-state index contributed by atoms with van der Waals surface area (Å²) in [6, 6.07) is 10.7. The van der Waals surface area contributed by atoms with Gasteiger partial charge in [-0.25, -0.2) is 0 Å². The zero-order valence-corrected chi connectivity index (χ0v) is 16.6. The van der Waals surface area contributed by atoms with E-state index >= 15 is 0 Å². The molecule has 1 aromatic heterocycles. The Morgan fingerprint density at radius 2 is 1.74 bits per heavy atom. The SMILES string of the molecule is Cc1cccc(C(=O)N/C(=C\c2ccco2)C(=O)NC(C(C)C)C(C)C)c1. The van der Waals surface area contributed by atoms with Crippen molar-refractivity contribution in [2.24, 2.45) is 11.8 Å². The van der Waals surface area contributed by atoms with Crippen LogP contribution in [0.25, 0.3) is 6.08 Å². The van der Waals surface area contributed by atoms with E-state index in [1.807, 2.05) is 19.1 Å². The summed E-state index contributed by atoms with van der Waals surface area (Å²) in [5.41, 5.74) is 1.63. The van der Waals surface area contributed by atoms with Crippen LogP contribution in [-0.2, 0) is 4.79 Å². The van der Waals surface area contributed by atoms with E-state index in [1.165, 1.54) is 6.26 Å². The zero-order chi connectivity index (χ0) is 20.0. The van der Waals surface area contributed by atoms with Gasteiger partial charge >= 0.3 is 0 Å². The highest BCUT2D eigenvalue weighted by molar-refractivity contribution is 6.05. The minimum Gasteiger partial charge on any atom is -0.465 e. The molecule has 0 bridgehead atoms. The van der Waals surface area contributed by atoms with Gasteiger partial charge in [-0.1, -0.05) is 45.4 Å². The fraction of sp³-hybridized carbons (Fsp3) is 0.364. The van der Waals surface area contributed by atoms with Gasteiger partial charge in [-0.2, -0.15) is 0 Å². The number of carbonyl (C=O) groups excluding carboxylic acids is 2. The van der Waals surface area contributed by atoms with E-state index in [9.17, 15) is 9.59 Å². The summed E-state index contributed by atoms with van der Waals surface area (Å²) >= 11 is 0. The van der Waals surface area contributed by atoms with E-state index < -0.39 is 0 Å². The van der Waals surface area contributed by atoms with E-state index in [4.69, 9.17) is 4.42 Å². The Labute approximate surface area is 160 Å². The standard InChI is InChI=1S/C22H28N2O3/c1-14(2)20(15(3)4)24-22(26)19(13-18-10-7-11-27-18)23-21(25)17-9-6-8-16(5)12-17/h6-15,20H,1-5H3,(H,23,25)(H,24,26)/b19-13-. The van der Waals surface area contributed by atoms with Crippen molar-refractivity contribution in [1.29, 1.82) is 0 Å². The molecule has 0 fully saturated rings. The number of rotatable bonds is 7. The van der Waals surface area contributed by atoms with Crippen molar-refractivity contribution >= 4 is 17.9 Å². The highest BCUT2D eigenvalue weighted by atomic mass is 16.3. The highest BCUT2D eigenvalue weighted by Crippen LogP contribution is 2.14. The fourth-order valence-corrected chi connectivity index (χ4v) is 2.99. The molecule has 2 rings (SSSR count). The lowest BCUT2D eigenvalue weighted by Crippen LogP contribution is -2.45. The first-order chi connectivity index (χ1) is 12.8. The molecule has 2 N–H and O–H groups in total. The summed E-state index contributed by atoms with van der Waals surface area (Å²) in [6.07, 6.45) is 3.06. The average molecular weight is 368 g/mol. The number of hydrogen-bond acceptors (Lipinski definition) is 3. The minimum absolute atomic E-state index is 0.00614. The number of nitrogens with one attached hydrogen (secondary N) is 2. The lowest BCUT2D eigenvalue weighted by molar-refractivity contribution is -0.119. The van der Waals surface area contributed by atoms with Crippen molar-refractivity contribution in [2.75, 3.05) is 0 Å². The normalized spacial score (nSPS) is 11.9. The Kier molecular flexibility index (Phi) is 6.99. The summed E-state index contributed by atoms with van der Waals surface area (Å²) in [5.74, 6) is 0.366. The van der Waals surface area contributed by atoms with Crippen LogP contribution in [0.4, 0.5) is 0 Å². The van der Waals surface area contributed by atoms with Gasteiger partial charge < -0.3 is 15.1 Å². The van der Waals surface area contributed by atoms with Gasteiger partial charge in [0.05, 0.1) is 6.26 Å². The minimum atomic E-state index is -0.336. The van der Waals surface area contributed by atoms with Gasteiger partial charge in [-0.05, 0) is 43.0 Å². The van der Waals surface area contributed by atoms with Crippen LogP contribution in [0.2, 0.25) is 0 Å². The maximum Gasteiger partial charge on any atom is 0.268 e. The van der Waals surface area contributed by atoms with Crippen LogP contribution in [0.1, 0.15) is 49.4 Å². The van der Waals surface area contributed by atoms with Gasteiger partial charge in [-0.3, -0.25) is 9.59 Å². The number of carbonyl (C=O) groups is 2. The van der Waals surface area contributed by atoms with Crippen molar-refractivity contribution in [2.45, 2.75) is 40.7 Å². The largest absolute Gasteiger partial charge is 0.465 e. The molecule has 5 heteroatoms. The molecule has 0 atom stereocenters. The van der Waals surface area contributed by atoms with Crippen LogP contribution in [0.3, 0.4) is 0 Å². The lowest BCUT2D eigenvalue weighted by Gasteiger charge is -2.26. The molecule has 1 aromatic carbocycles. The molecule has 0 saturated heterocycles. The lowest BCUT2D eigenvalue weighted by atomic mass is 9.93. The summed E-state index contributed by atoms with van der Waals surface area (Å²) in [4.78, 5) is 25.5.